The van der Waals surface area contributed by atoms with Crippen LogP contribution in [0.4, 0.5) is 0 Å². The third-order valence-corrected chi connectivity index (χ3v) is 6.74. The van der Waals surface area contributed by atoms with Gasteiger partial charge >= 0.3 is 0 Å². The highest BCUT2D eigenvalue weighted by Gasteiger charge is 2.27. The molecule has 3 heterocycles. The smallest absolute Gasteiger partial charge is 0.211 e. The molecule has 0 radical (unpaired) electrons. The average molecular weight is 401 g/mol. The summed E-state index contributed by atoms with van der Waals surface area (Å²) < 4.78 is 32.4. The van der Waals surface area contributed by atoms with Gasteiger partial charge in [-0.3, -0.25) is 4.98 Å². The molecular weight excluding hydrogens is 376 g/mol. The van der Waals surface area contributed by atoms with Gasteiger partial charge in [0.1, 0.15) is 11.3 Å². The molecule has 1 aliphatic rings. The summed E-state index contributed by atoms with van der Waals surface area (Å²) in [5.74, 6) is 1.03. The maximum Gasteiger partial charge on any atom is 0.211 e. The summed E-state index contributed by atoms with van der Waals surface area (Å²) in [6, 6.07) is 9.92. The van der Waals surface area contributed by atoms with Crippen molar-refractivity contribution in [1.29, 1.82) is 0 Å². The fraction of sp³-hybridized carbons (Fsp3) is 0.400. The number of piperidine rings is 1. The van der Waals surface area contributed by atoms with Gasteiger partial charge in [0, 0.05) is 37.3 Å². The van der Waals surface area contributed by atoms with Crippen LogP contribution in [-0.2, 0) is 17.1 Å². The number of pyridine rings is 1. The van der Waals surface area contributed by atoms with Gasteiger partial charge in [0.25, 0.3) is 0 Å². The molecule has 0 atom stereocenters. The molecule has 28 heavy (non-hydrogen) atoms. The molecule has 8 heteroatoms. The maximum atomic E-state index is 11.8. The third-order valence-electron chi connectivity index (χ3n) is 5.44. The minimum atomic E-state index is -3.13. The molecule has 7 nitrogen and oxygen atoms in total. The van der Waals surface area contributed by atoms with Gasteiger partial charge in [-0.25, -0.2) is 17.7 Å². The molecule has 0 N–H and O–H groups in total. The van der Waals surface area contributed by atoms with Crippen LogP contribution >= 0.6 is 0 Å². The Morgan fingerprint density at radius 3 is 2.43 bits per heavy atom. The predicted octanol–water partition coefficient (Wildman–Crippen LogP) is 2.78. The molecule has 3 aromatic rings. The summed E-state index contributed by atoms with van der Waals surface area (Å²) in [4.78, 5) is 9.52. The van der Waals surface area contributed by atoms with E-state index in [1.807, 2.05) is 35.9 Å². The van der Waals surface area contributed by atoms with Crippen LogP contribution in [0, 0.1) is 0 Å². The molecule has 0 aliphatic carbocycles. The molecule has 0 bridgehead atoms. The Balaban J connectivity index is 1.73. The van der Waals surface area contributed by atoms with Crippen molar-refractivity contribution in [3.8, 4) is 17.0 Å². The van der Waals surface area contributed by atoms with Crippen molar-refractivity contribution < 1.29 is 13.2 Å². The van der Waals surface area contributed by atoms with E-state index in [0.29, 0.717) is 13.1 Å². The minimum Gasteiger partial charge on any atom is -0.497 e. The van der Waals surface area contributed by atoms with Crippen LogP contribution in [0.15, 0.2) is 36.7 Å². The van der Waals surface area contributed by atoms with Crippen molar-refractivity contribution in [3.63, 3.8) is 0 Å². The maximum absolute atomic E-state index is 11.8. The highest BCUT2D eigenvalue weighted by Crippen LogP contribution is 2.33. The second-order valence-electron chi connectivity index (χ2n) is 7.28. The number of aromatic nitrogens is 3. The molecule has 1 aromatic carbocycles. The molecular formula is C20H24N4O3S. The van der Waals surface area contributed by atoms with E-state index < -0.39 is 10.0 Å². The van der Waals surface area contributed by atoms with Gasteiger partial charge < -0.3 is 9.30 Å². The number of hydrogen-bond acceptors (Lipinski definition) is 5. The first kappa shape index (κ1) is 18.9. The predicted molar refractivity (Wildman–Crippen MR) is 109 cm³/mol. The van der Waals surface area contributed by atoms with Crippen LogP contribution in [0.1, 0.15) is 24.5 Å². The lowest BCUT2D eigenvalue weighted by Crippen LogP contribution is -2.37. The zero-order valence-electron chi connectivity index (χ0n) is 16.3. The number of aryl methyl sites for hydroxylation is 1. The fourth-order valence-corrected chi connectivity index (χ4v) is 4.66. The zero-order chi connectivity index (χ0) is 19.9. The molecule has 4 rings (SSSR count). The van der Waals surface area contributed by atoms with E-state index in [4.69, 9.17) is 9.72 Å². The molecule has 1 aliphatic heterocycles. The second kappa shape index (κ2) is 7.18. The lowest BCUT2D eigenvalue weighted by atomic mass is 9.93. The first-order valence-corrected chi connectivity index (χ1v) is 11.1. The number of nitrogens with zero attached hydrogens (tertiary/aromatic N) is 4. The van der Waals surface area contributed by atoms with Gasteiger partial charge in [0.05, 0.1) is 30.9 Å². The van der Waals surface area contributed by atoms with E-state index in [1.54, 1.807) is 17.7 Å². The van der Waals surface area contributed by atoms with Gasteiger partial charge in [0.15, 0.2) is 0 Å². The van der Waals surface area contributed by atoms with Crippen molar-refractivity contribution in [2.24, 2.45) is 7.05 Å². The van der Waals surface area contributed by atoms with Crippen LogP contribution in [0.5, 0.6) is 5.75 Å². The SMILES string of the molecule is COc1ccc(-c2nc(C3CCN(S(C)(=O)=O)CC3)cc3c2ncn3C)cc1. The summed E-state index contributed by atoms with van der Waals surface area (Å²) in [6.45, 7) is 1.07. The summed E-state index contributed by atoms with van der Waals surface area (Å²) in [6.07, 6.45) is 4.61. The number of ether oxygens (including phenoxy) is 1. The number of methoxy groups -OCH3 is 1. The Kier molecular flexibility index (Phi) is 4.84. The van der Waals surface area contributed by atoms with Gasteiger partial charge in [-0.05, 0) is 43.2 Å². The van der Waals surface area contributed by atoms with Crippen molar-refractivity contribution >= 4 is 21.1 Å². The van der Waals surface area contributed by atoms with Crippen LogP contribution in [0.25, 0.3) is 22.3 Å². The molecule has 148 valence electrons. The largest absolute Gasteiger partial charge is 0.497 e. The van der Waals surface area contributed by atoms with Gasteiger partial charge in [0.2, 0.25) is 10.0 Å². The Labute approximate surface area is 165 Å². The van der Waals surface area contributed by atoms with Crippen LogP contribution < -0.4 is 4.74 Å². The highest BCUT2D eigenvalue weighted by atomic mass is 32.2. The van der Waals surface area contributed by atoms with Gasteiger partial charge in [-0.15, -0.1) is 0 Å². The zero-order valence-corrected chi connectivity index (χ0v) is 17.1. The standard InChI is InChI=1S/C20H24N4O3S/c1-23-13-21-20-18(23)12-17(14-8-10-24(11-9-14)28(3,25)26)22-19(20)15-4-6-16(27-2)7-5-15/h4-7,12-14H,8-11H2,1-3H3. The Morgan fingerprint density at radius 1 is 1.14 bits per heavy atom. The molecule has 0 amide bonds. The highest BCUT2D eigenvalue weighted by molar-refractivity contribution is 7.88. The molecule has 1 fully saturated rings. The first-order valence-electron chi connectivity index (χ1n) is 9.28. The van der Waals surface area contributed by atoms with Gasteiger partial charge in [-0.2, -0.15) is 0 Å². The number of fused-ring (bicyclic) bond motifs is 1. The Hall–Kier alpha value is -2.45. The van der Waals surface area contributed by atoms with E-state index in [1.165, 1.54) is 6.26 Å². The molecule has 0 saturated carbocycles. The van der Waals surface area contributed by atoms with Crippen LogP contribution in [0.3, 0.4) is 0 Å². The third kappa shape index (κ3) is 3.49. The number of imidazole rings is 1. The normalized spacial score (nSPS) is 16.5. The number of benzene rings is 1. The average Bonchev–Trinajstić information content (AvgIpc) is 3.08. The number of sulfonamides is 1. The van der Waals surface area contributed by atoms with Crippen molar-refractivity contribution in [2.75, 3.05) is 26.5 Å². The summed E-state index contributed by atoms with van der Waals surface area (Å²) >= 11 is 0. The lowest BCUT2D eigenvalue weighted by Gasteiger charge is -2.30. The van der Waals surface area contributed by atoms with Crippen molar-refractivity contribution in [1.82, 2.24) is 18.8 Å². The monoisotopic (exact) mass is 400 g/mol. The van der Waals surface area contributed by atoms with E-state index in [0.717, 1.165) is 46.6 Å². The minimum absolute atomic E-state index is 0.231. The fourth-order valence-electron chi connectivity index (χ4n) is 3.79. The quantitative estimate of drug-likeness (QED) is 0.673. The molecule has 0 unspecified atom stereocenters. The van der Waals surface area contributed by atoms with E-state index in [2.05, 4.69) is 11.1 Å². The summed E-state index contributed by atoms with van der Waals surface area (Å²) in [7, 11) is 0.487. The number of rotatable bonds is 4. The summed E-state index contributed by atoms with van der Waals surface area (Å²) in [5.41, 5.74) is 4.72. The van der Waals surface area contributed by atoms with E-state index >= 15 is 0 Å². The van der Waals surface area contributed by atoms with Crippen LogP contribution in [0.2, 0.25) is 0 Å². The molecule has 1 saturated heterocycles. The Morgan fingerprint density at radius 2 is 1.82 bits per heavy atom. The van der Waals surface area contributed by atoms with Crippen molar-refractivity contribution in [3.05, 3.63) is 42.4 Å². The van der Waals surface area contributed by atoms with E-state index in [9.17, 15) is 8.42 Å². The second-order valence-corrected chi connectivity index (χ2v) is 9.27. The van der Waals surface area contributed by atoms with Crippen LogP contribution in [-0.4, -0.2) is 53.7 Å². The lowest BCUT2D eigenvalue weighted by molar-refractivity contribution is 0.319. The molecule has 2 aromatic heterocycles. The van der Waals surface area contributed by atoms with Gasteiger partial charge in [-0.1, -0.05) is 0 Å². The first-order chi connectivity index (χ1) is 13.4. The molecule has 0 spiro atoms. The van der Waals surface area contributed by atoms with Crippen molar-refractivity contribution in [2.45, 2.75) is 18.8 Å². The van der Waals surface area contributed by atoms with E-state index in [-0.39, 0.29) is 5.92 Å². The number of hydrogen-bond donors (Lipinski definition) is 0. The topological polar surface area (TPSA) is 77.3 Å². The Bertz CT molecular complexity index is 1100. The summed E-state index contributed by atoms with van der Waals surface area (Å²) in [5, 5.41) is 0.